The van der Waals surface area contributed by atoms with Crippen molar-refractivity contribution < 1.29 is 27.1 Å². The first-order valence-corrected chi connectivity index (χ1v) is 14.9. The summed E-state index contributed by atoms with van der Waals surface area (Å²) in [6.07, 6.45) is 5.85. The Morgan fingerprint density at radius 2 is 1.82 bits per heavy atom. The minimum atomic E-state index is -3.65. The molecular formula is C28H38FN3O5S. The number of hydrogen-bond acceptors (Lipinski definition) is 5. The molecule has 2 aromatic carbocycles. The molecule has 0 aromatic heterocycles. The molecule has 1 fully saturated rings. The van der Waals surface area contributed by atoms with Crippen LogP contribution in [-0.2, 0) is 26.2 Å². The average Bonchev–Trinajstić information content (AvgIpc) is 3.39. The fourth-order valence-electron chi connectivity index (χ4n) is 4.87. The maximum atomic E-state index is 13.6. The third kappa shape index (κ3) is 8.18. The van der Waals surface area contributed by atoms with Crippen molar-refractivity contribution in [2.45, 2.75) is 70.5 Å². The first-order chi connectivity index (χ1) is 18.1. The number of amides is 2. The highest BCUT2D eigenvalue weighted by Crippen LogP contribution is 2.22. The van der Waals surface area contributed by atoms with Gasteiger partial charge in [-0.15, -0.1) is 0 Å². The Morgan fingerprint density at radius 1 is 1.13 bits per heavy atom. The number of ether oxygens (including phenoxy) is 1. The Morgan fingerprint density at radius 3 is 2.42 bits per heavy atom. The van der Waals surface area contributed by atoms with Gasteiger partial charge in [0.2, 0.25) is 21.8 Å². The van der Waals surface area contributed by atoms with Gasteiger partial charge in [0.05, 0.1) is 19.1 Å². The van der Waals surface area contributed by atoms with Crippen molar-refractivity contribution in [3.05, 3.63) is 59.9 Å². The van der Waals surface area contributed by atoms with E-state index in [0.717, 1.165) is 41.8 Å². The Labute approximate surface area is 225 Å². The molecule has 1 saturated carbocycles. The van der Waals surface area contributed by atoms with E-state index in [4.69, 9.17) is 4.74 Å². The topological polar surface area (TPSA) is 96.0 Å². The van der Waals surface area contributed by atoms with Gasteiger partial charge in [0, 0.05) is 25.6 Å². The predicted molar refractivity (Wildman–Crippen MR) is 146 cm³/mol. The molecule has 0 radical (unpaired) electrons. The van der Waals surface area contributed by atoms with Gasteiger partial charge in [-0.3, -0.25) is 13.9 Å². The summed E-state index contributed by atoms with van der Waals surface area (Å²) in [6, 6.07) is 12.0. The fraction of sp³-hybridized carbons (Fsp3) is 0.500. The number of benzene rings is 2. The van der Waals surface area contributed by atoms with Crippen molar-refractivity contribution in [2.24, 2.45) is 0 Å². The molecule has 0 bridgehead atoms. The highest BCUT2D eigenvalue weighted by Gasteiger charge is 2.30. The minimum Gasteiger partial charge on any atom is -0.497 e. The molecule has 2 amide bonds. The van der Waals surface area contributed by atoms with Crippen molar-refractivity contribution in [3.63, 3.8) is 0 Å². The summed E-state index contributed by atoms with van der Waals surface area (Å²) >= 11 is 0. The molecule has 208 valence electrons. The van der Waals surface area contributed by atoms with Crippen LogP contribution in [0.3, 0.4) is 0 Å². The number of rotatable bonds is 13. The molecule has 0 heterocycles. The molecule has 1 atom stereocenters. The lowest BCUT2D eigenvalue weighted by atomic mass is 10.1. The summed E-state index contributed by atoms with van der Waals surface area (Å²) in [5, 5.41) is 3.12. The highest BCUT2D eigenvalue weighted by molar-refractivity contribution is 7.92. The molecule has 2 aromatic rings. The van der Waals surface area contributed by atoms with Crippen LogP contribution in [0.4, 0.5) is 10.1 Å². The summed E-state index contributed by atoms with van der Waals surface area (Å²) in [6.45, 7) is 2.15. The van der Waals surface area contributed by atoms with Crippen molar-refractivity contribution in [3.8, 4) is 5.75 Å². The second-order valence-corrected chi connectivity index (χ2v) is 11.6. The van der Waals surface area contributed by atoms with Gasteiger partial charge in [-0.2, -0.15) is 0 Å². The Hall–Kier alpha value is -3.14. The number of carbonyl (C=O) groups is 2. The monoisotopic (exact) mass is 547 g/mol. The predicted octanol–water partition coefficient (Wildman–Crippen LogP) is 4.25. The van der Waals surface area contributed by atoms with E-state index in [1.54, 1.807) is 12.0 Å². The second kappa shape index (κ2) is 13.6. The van der Waals surface area contributed by atoms with Crippen LogP contribution in [0.1, 0.15) is 57.4 Å². The lowest BCUT2D eigenvalue weighted by Gasteiger charge is -2.32. The number of carbonyl (C=O) groups excluding carboxylic acids is 2. The van der Waals surface area contributed by atoms with Crippen molar-refractivity contribution in [2.75, 3.05) is 24.2 Å². The zero-order chi connectivity index (χ0) is 27.7. The van der Waals surface area contributed by atoms with Gasteiger partial charge >= 0.3 is 0 Å². The lowest BCUT2D eigenvalue weighted by Crippen LogP contribution is -2.51. The standard InChI is InChI=1S/C28H38FN3O5S/c1-4-26(28(34)30-23-10-5-6-11-23)31(20-21-9-7-12-25(19-21)37-2)27(33)13-8-18-32(38(3,35)36)24-16-14-22(29)15-17-24/h7,9,12,14-17,19,23,26H,4-6,8,10-11,13,18,20H2,1-3H3,(H,30,34). The molecule has 3 rings (SSSR count). The molecule has 1 aliphatic rings. The van der Waals surface area contributed by atoms with Gasteiger partial charge < -0.3 is 15.0 Å². The van der Waals surface area contributed by atoms with E-state index in [1.165, 1.54) is 24.3 Å². The van der Waals surface area contributed by atoms with E-state index in [-0.39, 0.29) is 43.8 Å². The average molecular weight is 548 g/mol. The van der Waals surface area contributed by atoms with Gasteiger partial charge in [0.25, 0.3) is 0 Å². The van der Waals surface area contributed by atoms with Gasteiger partial charge in [-0.05, 0) is 67.6 Å². The van der Waals surface area contributed by atoms with Gasteiger partial charge in [0.15, 0.2) is 0 Å². The van der Waals surface area contributed by atoms with Gasteiger partial charge in [-0.1, -0.05) is 31.9 Å². The van der Waals surface area contributed by atoms with Crippen LogP contribution in [0.5, 0.6) is 5.75 Å². The zero-order valence-electron chi connectivity index (χ0n) is 22.4. The van der Waals surface area contributed by atoms with E-state index in [1.807, 2.05) is 31.2 Å². The molecular weight excluding hydrogens is 509 g/mol. The quantitative estimate of drug-likeness (QED) is 0.405. The molecule has 10 heteroatoms. The lowest BCUT2D eigenvalue weighted by molar-refractivity contribution is -0.141. The van der Waals surface area contributed by atoms with Crippen molar-refractivity contribution in [1.82, 2.24) is 10.2 Å². The number of anilines is 1. The first kappa shape index (κ1) is 29.4. The molecule has 0 aliphatic heterocycles. The van der Waals surface area contributed by atoms with Crippen LogP contribution in [0.2, 0.25) is 0 Å². The number of methoxy groups -OCH3 is 1. The molecule has 1 N–H and O–H groups in total. The number of hydrogen-bond donors (Lipinski definition) is 1. The molecule has 0 saturated heterocycles. The summed E-state index contributed by atoms with van der Waals surface area (Å²) in [5.41, 5.74) is 1.16. The summed E-state index contributed by atoms with van der Waals surface area (Å²) in [7, 11) is -2.08. The van der Waals surface area contributed by atoms with E-state index >= 15 is 0 Å². The SMILES string of the molecule is CCC(C(=O)NC1CCCC1)N(Cc1cccc(OC)c1)C(=O)CCCN(c1ccc(F)cc1)S(C)(=O)=O. The van der Waals surface area contributed by atoms with Gasteiger partial charge in [-0.25, -0.2) is 12.8 Å². The maximum Gasteiger partial charge on any atom is 0.243 e. The molecule has 8 nitrogen and oxygen atoms in total. The van der Waals surface area contributed by atoms with E-state index in [0.29, 0.717) is 17.9 Å². The molecule has 1 unspecified atom stereocenters. The van der Waals surface area contributed by atoms with Crippen LogP contribution in [0.15, 0.2) is 48.5 Å². The van der Waals surface area contributed by atoms with Crippen molar-refractivity contribution >= 4 is 27.5 Å². The largest absolute Gasteiger partial charge is 0.497 e. The second-order valence-electron chi connectivity index (χ2n) is 9.70. The van der Waals surface area contributed by atoms with E-state index < -0.39 is 21.9 Å². The summed E-state index contributed by atoms with van der Waals surface area (Å²) in [5.74, 6) is -0.220. The Kier molecular flexibility index (Phi) is 10.5. The molecule has 38 heavy (non-hydrogen) atoms. The smallest absolute Gasteiger partial charge is 0.243 e. The van der Waals surface area contributed by atoms with Crippen LogP contribution in [-0.4, -0.2) is 57.1 Å². The number of nitrogens with zero attached hydrogens (tertiary/aromatic N) is 2. The maximum absolute atomic E-state index is 13.6. The summed E-state index contributed by atoms with van der Waals surface area (Å²) in [4.78, 5) is 28.4. The van der Waals surface area contributed by atoms with Gasteiger partial charge in [0.1, 0.15) is 17.6 Å². The van der Waals surface area contributed by atoms with Crippen LogP contribution in [0, 0.1) is 5.82 Å². The number of halogens is 1. The molecule has 1 aliphatic carbocycles. The summed E-state index contributed by atoms with van der Waals surface area (Å²) < 4.78 is 44.7. The van der Waals surface area contributed by atoms with Crippen molar-refractivity contribution in [1.29, 1.82) is 0 Å². The van der Waals surface area contributed by atoms with Crippen LogP contribution in [0.25, 0.3) is 0 Å². The Balaban J connectivity index is 1.76. The van der Waals surface area contributed by atoms with E-state index in [2.05, 4.69) is 5.32 Å². The third-order valence-electron chi connectivity index (χ3n) is 6.84. The zero-order valence-corrected chi connectivity index (χ0v) is 23.2. The highest BCUT2D eigenvalue weighted by atomic mass is 32.2. The van der Waals surface area contributed by atoms with Crippen LogP contribution < -0.4 is 14.4 Å². The third-order valence-corrected chi connectivity index (χ3v) is 8.04. The normalized spacial score (nSPS) is 14.6. The number of sulfonamides is 1. The fourth-order valence-corrected chi connectivity index (χ4v) is 5.83. The van der Waals surface area contributed by atoms with Crippen LogP contribution >= 0.6 is 0 Å². The number of nitrogens with one attached hydrogen (secondary N) is 1. The Bertz CT molecular complexity index is 1180. The van der Waals surface area contributed by atoms with E-state index in [9.17, 15) is 22.4 Å². The molecule has 0 spiro atoms. The minimum absolute atomic E-state index is 0.0460. The first-order valence-electron chi connectivity index (χ1n) is 13.1.